The number of hydrogen-bond donors (Lipinski definition) is 0. The monoisotopic (exact) mass is 136 g/mol. The molecule has 1 aromatic heterocycles. The van der Waals surface area contributed by atoms with Gasteiger partial charge in [-0.05, 0) is 24.0 Å². The molecule has 0 bridgehead atoms. The average molecular weight is 136 g/mol. The number of furan rings is 1. The zero-order valence-corrected chi connectivity index (χ0v) is 6.42. The maximum absolute atomic E-state index is 5.29. The highest BCUT2D eigenvalue weighted by atomic mass is 16.3. The van der Waals surface area contributed by atoms with E-state index in [1.807, 2.05) is 6.07 Å². The van der Waals surface area contributed by atoms with Crippen molar-refractivity contribution >= 4 is 0 Å². The van der Waals surface area contributed by atoms with Crippen molar-refractivity contribution in [2.75, 3.05) is 0 Å². The molecule has 1 heterocycles. The third-order valence-corrected chi connectivity index (χ3v) is 2.40. The standard InChI is InChI=1S/C9H12O/c1-9(2)6-7(9)8-4-3-5-10-8/h3-5,7H,6H2,1-2H3. The Morgan fingerprint density at radius 3 is 2.70 bits per heavy atom. The summed E-state index contributed by atoms with van der Waals surface area (Å²) < 4.78 is 5.29. The van der Waals surface area contributed by atoms with Gasteiger partial charge < -0.3 is 4.42 Å². The van der Waals surface area contributed by atoms with E-state index in [1.54, 1.807) is 6.26 Å². The van der Waals surface area contributed by atoms with E-state index in [4.69, 9.17) is 4.42 Å². The van der Waals surface area contributed by atoms with E-state index in [1.165, 1.54) is 6.42 Å². The van der Waals surface area contributed by atoms with Crippen molar-refractivity contribution in [3.8, 4) is 0 Å². The van der Waals surface area contributed by atoms with Crippen LogP contribution in [-0.4, -0.2) is 0 Å². The Morgan fingerprint density at radius 1 is 1.60 bits per heavy atom. The molecular formula is C9H12O. The zero-order chi connectivity index (χ0) is 7.19. The van der Waals surface area contributed by atoms with Crippen molar-refractivity contribution in [1.82, 2.24) is 0 Å². The molecule has 1 saturated carbocycles. The van der Waals surface area contributed by atoms with Crippen molar-refractivity contribution in [2.45, 2.75) is 26.2 Å². The van der Waals surface area contributed by atoms with Crippen LogP contribution in [0.15, 0.2) is 22.8 Å². The van der Waals surface area contributed by atoms with Gasteiger partial charge in [0.25, 0.3) is 0 Å². The van der Waals surface area contributed by atoms with Gasteiger partial charge in [-0.15, -0.1) is 0 Å². The molecule has 0 saturated heterocycles. The van der Waals surface area contributed by atoms with Crippen LogP contribution in [0.25, 0.3) is 0 Å². The minimum Gasteiger partial charge on any atom is -0.469 e. The van der Waals surface area contributed by atoms with Crippen LogP contribution in [0.4, 0.5) is 0 Å². The van der Waals surface area contributed by atoms with E-state index in [0.29, 0.717) is 11.3 Å². The van der Waals surface area contributed by atoms with Gasteiger partial charge in [0.05, 0.1) is 6.26 Å². The minimum atomic E-state index is 0.498. The van der Waals surface area contributed by atoms with Gasteiger partial charge in [0, 0.05) is 5.92 Å². The minimum absolute atomic E-state index is 0.498. The molecule has 0 spiro atoms. The third-order valence-electron chi connectivity index (χ3n) is 2.40. The Labute approximate surface area is 61.0 Å². The van der Waals surface area contributed by atoms with Crippen LogP contribution in [0.1, 0.15) is 31.9 Å². The SMILES string of the molecule is CC1(C)CC1c1ccco1. The second-order valence-corrected chi connectivity index (χ2v) is 3.76. The lowest BCUT2D eigenvalue weighted by Crippen LogP contribution is -1.86. The molecule has 10 heavy (non-hydrogen) atoms. The molecule has 1 aliphatic carbocycles. The number of hydrogen-bond acceptors (Lipinski definition) is 1. The summed E-state index contributed by atoms with van der Waals surface area (Å²) in [5.74, 6) is 1.84. The van der Waals surface area contributed by atoms with E-state index < -0.39 is 0 Å². The first-order chi connectivity index (χ1) is 4.70. The molecule has 1 fully saturated rings. The summed E-state index contributed by atoms with van der Waals surface area (Å²) in [5, 5.41) is 0. The van der Waals surface area contributed by atoms with Crippen molar-refractivity contribution in [1.29, 1.82) is 0 Å². The van der Waals surface area contributed by atoms with Crippen molar-refractivity contribution in [3.63, 3.8) is 0 Å². The van der Waals surface area contributed by atoms with Crippen molar-refractivity contribution in [2.24, 2.45) is 5.41 Å². The van der Waals surface area contributed by atoms with Crippen LogP contribution in [0, 0.1) is 5.41 Å². The molecule has 1 heteroatoms. The van der Waals surface area contributed by atoms with Crippen LogP contribution in [0.5, 0.6) is 0 Å². The highest BCUT2D eigenvalue weighted by Crippen LogP contribution is 2.58. The number of rotatable bonds is 1. The largest absolute Gasteiger partial charge is 0.469 e. The topological polar surface area (TPSA) is 13.1 Å². The molecule has 0 radical (unpaired) electrons. The van der Waals surface area contributed by atoms with Gasteiger partial charge in [-0.2, -0.15) is 0 Å². The molecule has 0 N–H and O–H groups in total. The van der Waals surface area contributed by atoms with Gasteiger partial charge in [-0.1, -0.05) is 13.8 Å². The maximum Gasteiger partial charge on any atom is 0.107 e. The Bertz CT molecular complexity index is 221. The summed E-state index contributed by atoms with van der Waals surface area (Å²) in [6.07, 6.45) is 3.03. The molecule has 2 rings (SSSR count). The first kappa shape index (κ1) is 6.02. The highest BCUT2D eigenvalue weighted by molar-refractivity contribution is 5.18. The van der Waals surface area contributed by atoms with E-state index in [-0.39, 0.29) is 0 Å². The van der Waals surface area contributed by atoms with Gasteiger partial charge in [0.2, 0.25) is 0 Å². The second kappa shape index (κ2) is 1.66. The van der Waals surface area contributed by atoms with E-state index in [9.17, 15) is 0 Å². The van der Waals surface area contributed by atoms with Crippen molar-refractivity contribution in [3.05, 3.63) is 24.2 Å². The van der Waals surface area contributed by atoms with Gasteiger partial charge in [-0.3, -0.25) is 0 Å². The Morgan fingerprint density at radius 2 is 2.30 bits per heavy atom. The van der Waals surface area contributed by atoms with Gasteiger partial charge in [-0.25, -0.2) is 0 Å². The predicted octanol–water partition coefficient (Wildman–Crippen LogP) is 2.79. The lowest BCUT2D eigenvalue weighted by atomic mass is 10.1. The fourth-order valence-electron chi connectivity index (χ4n) is 1.44. The lowest BCUT2D eigenvalue weighted by molar-refractivity contribution is 0.482. The van der Waals surface area contributed by atoms with Crippen LogP contribution >= 0.6 is 0 Å². The van der Waals surface area contributed by atoms with E-state index in [2.05, 4.69) is 19.9 Å². The molecular weight excluding hydrogens is 124 g/mol. The van der Waals surface area contributed by atoms with Crippen LogP contribution in [0.2, 0.25) is 0 Å². The molecule has 0 amide bonds. The zero-order valence-electron chi connectivity index (χ0n) is 6.42. The Hall–Kier alpha value is -0.720. The normalized spacial score (nSPS) is 28.4. The predicted molar refractivity (Wildman–Crippen MR) is 39.8 cm³/mol. The fraction of sp³-hybridized carbons (Fsp3) is 0.556. The molecule has 1 aliphatic rings. The van der Waals surface area contributed by atoms with Crippen LogP contribution < -0.4 is 0 Å². The summed E-state index contributed by atoms with van der Waals surface area (Å²) in [5.41, 5.74) is 0.498. The molecule has 54 valence electrons. The first-order valence-electron chi connectivity index (χ1n) is 3.73. The summed E-state index contributed by atoms with van der Waals surface area (Å²) in [6.45, 7) is 4.56. The highest BCUT2D eigenvalue weighted by Gasteiger charge is 2.48. The lowest BCUT2D eigenvalue weighted by Gasteiger charge is -1.97. The third kappa shape index (κ3) is 0.772. The molecule has 1 unspecified atom stereocenters. The molecule has 0 aromatic carbocycles. The van der Waals surface area contributed by atoms with Crippen molar-refractivity contribution < 1.29 is 4.42 Å². The van der Waals surface area contributed by atoms with Gasteiger partial charge >= 0.3 is 0 Å². The maximum atomic E-state index is 5.29. The first-order valence-corrected chi connectivity index (χ1v) is 3.73. The van der Waals surface area contributed by atoms with Crippen LogP contribution in [-0.2, 0) is 0 Å². The van der Waals surface area contributed by atoms with E-state index in [0.717, 1.165) is 5.76 Å². The Balaban J connectivity index is 2.19. The van der Waals surface area contributed by atoms with Crippen LogP contribution in [0.3, 0.4) is 0 Å². The summed E-state index contributed by atoms with van der Waals surface area (Å²) >= 11 is 0. The second-order valence-electron chi connectivity index (χ2n) is 3.76. The smallest absolute Gasteiger partial charge is 0.107 e. The molecule has 1 nitrogen and oxygen atoms in total. The van der Waals surface area contributed by atoms with Gasteiger partial charge in [0.15, 0.2) is 0 Å². The summed E-state index contributed by atoms with van der Waals surface area (Å²) in [4.78, 5) is 0. The molecule has 0 aliphatic heterocycles. The molecule has 1 atom stereocenters. The average Bonchev–Trinajstić information content (AvgIpc) is 2.31. The van der Waals surface area contributed by atoms with Gasteiger partial charge in [0.1, 0.15) is 5.76 Å². The summed E-state index contributed by atoms with van der Waals surface area (Å²) in [7, 11) is 0. The summed E-state index contributed by atoms with van der Waals surface area (Å²) in [6, 6.07) is 4.03. The fourth-order valence-corrected chi connectivity index (χ4v) is 1.44. The quantitative estimate of drug-likeness (QED) is 0.578. The molecule has 1 aromatic rings. The Kier molecular flexibility index (Phi) is 0.997. The van der Waals surface area contributed by atoms with E-state index >= 15 is 0 Å².